The first-order valence-electron chi connectivity index (χ1n) is 10.1. The Hall–Kier alpha value is -3.48. The summed E-state index contributed by atoms with van der Waals surface area (Å²) in [5.74, 6) is 0. The topological polar surface area (TPSA) is 24.9 Å². The predicted molar refractivity (Wildman–Crippen MR) is 130 cm³/mol. The van der Waals surface area contributed by atoms with Gasteiger partial charge < -0.3 is 5.32 Å². The highest BCUT2D eigenvalue weighted by atomic mass is 31.1. The van der Waals surface area contributed by atoms with Crippen molar-refractivity contribution in [3.8, 4) is 22.3 Å². The molecule has 1 N–H and O–H groups in total. The molecule has 1 aliphatic rings. The van der Waals surface area contributed by atoms with Gasteiger partial charge in [-0.25, -0.2) is 0 Å². The molecule has 1 aromatic heterocycles. The van der Waals surface area contributed by atoms with E-state index >= 15 is 0 Å². The van der Waals surface area contributed by atoms with E-state index in [9.17, 15) is 0 Å². The SMILES string of the molecule is c1ccc2c(c1)Nc1cnccc1-c1ccccc1Pc1cc3ccccc3cc1-2. The van der Waals surface area contributed by atoms with Crippen molar-refractivity contribution < 1.29 is 0 Å². The molecular weight excluding hydrogens is 383 g/mol. The van der Waals surface area contributed by atoms with Crippen molar-refractivity contribution in [1.82, 2.24) is 4.98 Å². The fourth-order valence-corrected chi connectivity index (χ4v) is 5.63. The number of para-hydroxylation sites is 1. The third-order valence-corrected chi connectivity index (χ3v) is 7.07. The van der Waals surface area contributed by atoms with Crippen LogP contribution in [0.2, 0.25) is 0 Å². The van der Waals surface area contributed by atoms with E-state index in [0.717, 1.165) is 11.4 Å². The van der Waals surface area contributed by atoms with Crippen molar-refractivity contribution in [1.29, 1.82) is 0 Å². The number of anilines is 2. The van der Waals surface area contributed by atoms with Crippen LogP contribution in [0.15, 0.2) is 103 Å². The van der Waals surface area contributed by atoms with Gasteiger partial charge in [-0.2, -0.15) is 0 Å². The van der Waals surface area contributed by atoms with Crippen LogP contribution in [-0.2, 0) is 0 Å². The zero-order valence-corrected chi connectivity index (χ0v) is 17.3. The van der Waals surface area contributed by atoms with E-state index in [1.54, 1.807) is 0 Å². The number of hydrogen-bond acceptors (Lipinski definition) is 2. The number of nitrogens with one attached hydrogen (secondary N) is 1. The summed E-state index contributed by atoms with van der Waals surface area (Å²) < 4.78 is 0. The molecule has 0 fully saturated rings. The maximum absolute atomic E-state index is 4.40. The summed E-state index contributed by atoms with van der Waals surface area (Å²) in [5.41, 5.74) is 7.10. The number of rotatable bonds is 0. The predicted octanol–water partition coefficient (Wildman–Crippen LogP) is 6.26. The summed E-state index contributed by atoms with van der Waals surface area (Å²) in [6.45, 7) is 0. The molecule has 2 nitrogen and oxygen atoms in total. The molecule has 0 saturated heterocycles. The van der Waals surface area contributed by atoms with Crippen LogP contribution in [0, 0.1) is 0 Å². The van der Waals surface area contributed by atoms with Crippen LogP contribution in [-0.4, -0.2) is 4.98 Å². The lowest BCUT2D eigenvalue weighted by molar-refractivity contribution is 1.32. The molecule has 0 radical (unpaired) electrons. The van der Waals surface area contributed by atoms with Crippen LogP contribution in [0.1, 0.15) is 0 Å². The Morgan fingerprint density at radius 2 is 1.27 bits per heavy atom. The van der Waals surface area contributed by atoms with Crippen molar-refractivity contribution in [3.63, 3.8) is 0 Å². The standard InChI is InChI=1S/C27H19N2P/c1-2-8-19-16-27-23(15-18(19)7-1)20-9-3-5-11-24(20)29-25-17-28-14-13-21(25)22-10-4-6-12-26(22)30-27/h1-17,29-30H. The van der Waals surface area contributed by atoms with E-state index in [4.69, 9.17) is 0 Å². The second-order valence-electron chi connectivity index (χ2n) is 7.51. The molecule has 5 aromatic rings. The van der Waals surface area contributed by atoms with Gasteiger partial charge in [0.1, 0.15) is 0 Å². The highest BCUT2D eigenvalue weighted by Gasteiger charge is 2.18. The third kappa shape index (κ3) is 2.89. The molecule has 3 heteroatoms. The van der Waals surface area contributed by atoms with Crippen LogP contribution < -0.4 is 15.9 Å². The van der Waals surface area contributed by atoms with Crippen molar-refractivity contribution in [2.24, 2.45) is 0 Å². The second kappa shape index (κ2) is 7.09. The molecule has 0 saturated carbocycles. The first-order chi connectivity index (χ1) is 14.9. The van der Waals surface area contributed by atoms with Gasteiger partial charge in [-0.1, -0.05) is 75.3 Å². The fourth-order valence-electron chi connectivity index (χ4n) is 4.24. The average molecular weight is 402 g/mol. The summed E-state index contributed by atoms with van der Waals surface area (Å²) >= 11 is 0. The quantitative estimate of drug-likeness (QED) is 0.304. The minimum Gasteiger partial charge on any atom is -0.353 e. The van der Waals surface area contributed by atoms with Crippen molar-refractivity contribution in [2.75, 3.05) is 5.32 Å². The van der Waals surface area contributed by atoms with Crippen LogP contribution >= 0.6 is 8.58 Å². The molecule has 30 heavy (non-hydrogen) atoms. The lowest BCUT2D eigenvalue weighted by Gasteiger charge is -2.22. The molecule has 0 bridgehead atoms. The van der Waals surface area contributed by atoms with E-state index in [0.29, 0.717) is 8.58 Å². The molecule has 0 spiro atoms. The van der Waals surface area contributed by atoms with Gasteiger partial charge in [0, 0.05) is 23.0 Å². The maximum atomic E-state index is 4.40. The Kier molecular flexibility index (Phi) is 4.11. The lowest BCUT2D eigenvalue weighted by atomic mass is 9.99. The normalized spacial score (nSPS) is 12.9. The zero-order chi connectivity index (χ0) is 19.9. The van der Waals surface area contributed by atoms with Crippen LogP contribution in [0.3, 0.4) is 0 Å². The van der Waals surface area contributed by atoms with Gasteiger partial charge in [-0.3, -0.25) is 4.98 Å². The largest absolute Gasteiger partial charge is 0.353 e. The second-order valence-corrected chi connectivity index (χ2v) is 8.83. The highest BCUT2D eigenvalue weighted by Crippen LogP contribution is 2.39. The molecule has 1 aliphatic heterocycles. The minimum atomic E-state index is 0.564. The molecule has 6 rings (SSSR count). The number of fused-ring (bicyclic) bond motifs is 7. The van der Waals surface area contributed by atoms with Crippen LogP contribution in [0.5, 0.6) is 0 Å². The van der Waals surface area contributed by atoms with Crippen molar-refractivity contribution in [3.05, 3.63) is 103 Å². The smallest absolute Gasteiger partial charge is 0.0650 e. The maximum Gasteiger partial charge on any atom is 0.0650 e. The van der Waals surface area contributed by atoms with E-state index < -0.39 is 0 Å². The van der Waals surface area contributed by atoms with E-state index in [1.165, 1.54) is 43.6 Å². The monoisotopic (exact) mass is 402 g/mol. The summed E-state index contributed by atoms with van der Waals surface area (Å²) in [7, 11) is 0.564. The van der Waals surface area contributed by atoms with E-state index in [1.807, 2.05) is 12.4 Å². The van der Waals surface area contributed by atoms with Crippen LogP contribution in [0.25, 0.3) is 33.0 Å². The molecule has 2 heterocycles. The Balaban J connectivity index is 1.70. The molecule has 1 atom stereocenters. The number of aromatic nitrogens is 1. The fraction of sp³-hybridized carbons (Fsp3) is 0. The van der Waals surface area contributed by atoms with Crippen LogP contribution in [0.4, 0.5) is 11.4 Å². The van der Waals surface area contributed by atoms with Gasteiger partial charge in [0.15, 0.2) is 0 Å². The summed E-state index contributed by atoms with van der Waals surface area (Å²) in [4.78, 5) is 4.40. The van der Waals surface area contributed by atoms with Gasteiger partial charge in [-0.05, 0) is 56.8 Å². The Morgan fingerprint density at radius 1 is 0.567 bits per heavy atom. The van der Waals surface area contributed by atoms with Crippen molar-refractivity contribution in [2.45, 2.75) is 0 Å². The molecule has 1 unspecified atom stereocenters. The molecular formula is C27H19N2P. The van der Waals surface area contributed by atoms with Crippen molar-refractivity contribution >= 4 is 41.3 Å². The first-order valence-corrected chi connectivity index (χ1v) is 11.1. The lowest BCUT2D eigenvalue weighted by Crippen LogP contribution is -2.12. The zero-order valence-electron chi connectivity index (χ0n) is 16.3. The number of hydrogen-bond donors (Lipinski definition) is 1. The molecule has 4 aromatic carbocycles. The average Bonchev–Trinajstić information content (AvgIpc) is 2.80. The van der Waals surface area contributed by atoms with Gasteiger partial charge in [0.25, 0.3) is 0 Å². The number of nitrogens with zero attached hydrogens (tertiary/aromatic N) is 1. The van der Waals surface area contributed by atoms with Gasteiger partial charge in [-0.15, -0.1) is 0 Å². The summed E-state index contributed by atoms with van der Waals surface area (Å²) in [6.07, 6.45) is 3.80. The van der Waals surface area contributed by atoms with Gasteiger partial charge in [0.05, 0.1) is 11.9 Å². The first kappa shape index (κ1) is 17.4. The Bertz CT molecular complexity index is 1410. The summed E-state index contributed by atoms with van der Waals surface area (Å²) in [5, 5.41) is 8.95. The van der Waals surface area contributed by atoms with Gasteiger partial charge >= 0.3 is 0 Å². The van der Waals surface area contributed by atoms with E-state index in [2.05, 4.69) is 101 Å². The minimum absolute atomic E-state index is 0.564. The van der Waals surface area contributed by atoms with E-state index in [-0.39, 0.29) is 0 Å². The number of pyridine rings is 1. The third-order valence-electron chi connectivity index (χ3n) is 5.68. The number of benzene rings is 4. The van der Waals surface area contributed by atoms with Gasteiger partial charge in [0.2, 0.25) is 0 Å². The Morgan fingerprint density at radius 3 is 2.17 bits per heavy atom. The summed E-state index contributed by atoms with van der Waals surface area (Å²) in [6, 6.07) is 32.7. The molecule has 0 aliphatic carbocycles. The highest BCUT2D eigenvalue weighted by molar-refractivity contribution is 7.56. The molecule has 0 amide bonds. The molecule has 142 valence electrons. The Labute approximate surface area is 177 Å².